The Labute approximate surface area is 160 Å². The van der Waals surface area contributed by atoms with Gasteiger partial charge in [0.2, 0.25) is 17.6 Å². The van der Waals surface area contributed by atoms with Gasteiger partial charge in [-0.15, -0.1) is 0 Å². The van der Waals surface area contributed by atoms with Crippen LogP contribution in [-0.2, 0) is 22.6 Å². The second kappa shape index (κ2) is 9.70. The van der Waals surface area contributed by atoms with E-state index in [0.29, 0.717) is 36.7 Å². The van der Waals surface area contributed by atoms with Crippen LogP contribution >= 0.6 is 0 Å². The smallest absolute Gasteiger partial charge is 0.246 e. The van der Waals surface area contributed by atoms with E-state index in [2.05, 4.69) is 15.5 Å². The molecule has 2 aromatic carbocycles. The van der Waals surface area contributed by atoms with Crippen LogP contribution in [0.1, 0.15) is 17.9 Å². The molecule has 8 heteroatoms. The fourth-order valence-corrected chi connectivity index (χ4v) is 2.43. The van der Waals surface area contributed by atoms with E-state index in [1.807, 2.05) is 0 Å². The van der Waals surface area contributed by atoms with Gasteiger partial charge in [0.1, 0.15) is 18.2 Å². The maximum absolute atomic E-state index is 12.9. The van der Waals surface area contributed by atoms with Gasteiger partial charge in [0.05, 0.1) is 6.61 Å². The molecule has 0 aliphatic heterocycles. The normalized spacial score (nSPS) is 10.8. The average molecular weight is 387 g/mol. The van der Waals surface area contributed by atoms with Crippen molar-refractivity contribution in [3.63, 3.8) is 0 Å². The number of carbonyl (C=O) groups is 1. The van der Waals surface area contributed by atoms with Crippen LogP contribution in [0.4, 0.5) is 8.78 Å². The highest BCUT2D eigenvalue weighted by Crippen LogP contribution is 2.16. The lowest BCUT2D eigenvalue weighted by Gasteiger charge is -2.06. The molecule has 1 aromatic heterocycles. The van der Waals surface area contributed by atoms with E-state index >= 15 is 0 Å². The topological polar surface area (TPSA) is 77.2 Å². The number of halogens is 2. The first-order valence-electron chi connectivity index (χ1n) is 8.77. The number of carbonyl (C=O) groups excluding carboxylic acids is 1. The van der Waals surface area contributed by atoms with Crippen molar-refractivity contribution in [3.8, 4) is 11.4 Å². The summed E-state index contributed by atoms with van der Waals surface area (Å²) < 4.78 is 36.2. The van der Waals surface area contributed by atoms with Gasteiger partial charge in [0.15, 0.2) is 0 Å². The van der Waals surface area contributed by atoms with Gasteiger partial charge >= 0.3 is 0 Å². The summed E-state index contributed by atoms with van der Waals surface area (Å²) in [5.41, 5.74) is 1.46. The molecule has 1 heterocycles. The van der Waals surface area contributed by atoms with Gasteiger partial charge in [-0.3, -0.25) is 4.79 Å². The molecule has 146 valence electrons. The molecule has 1 amide bonds. The van der Waals surface area contributed by atoms with E-state index in [1.54, 1.807) is 24.3 Å². The molecule has 0 fully saturated rings. The van der Waals surface area contributed by atoms with Gasteiger partial charge in [-0.05, 0) is 48.4 Å². The fourth-order valence-electron chi connectivity index (χ4n) is 2.43. The molecule has 0 spiro atoms. The van der Waals surface area contributed by atoms with Crippen molar-refractivity contribution >= 4 is 5.91 Å². The predicted octanol–water partition coefficient (Wildman–Crippen LogP) is 3.28. The van der Waals surface area contributed by atoms with Crippen molar-refractivity contribution in [2.75, 3.05) is 13.2 Å². The number of rotatable bonds is 9. The van der Waals surface area contributed by atoms with E-state index in [4.69, 9.17) is 9.26 Å². The summed E-state index contributed by atoms with van der Waals surface area (Å²) in [6.07, 6.45) is 1.12. The van der Waals surface area contributed by atoms with E-state index < -0.39 is 0 Å². The third-order valence-electron chi connectivity index (χ3n) is 3.88. The molecule has 3 aromatic rings. The van der Waals surface area contributed by atoms with Gasteiger partial charge in [-0.25, -0.2) is 8.78 Å². The molecule has 0 bridgehead atoms. The lowest BCUT2D eigenvalue weighted by Crippen LogP contribution is -2.28. The highest BCUT2D eigenvalue weighted by Gasteiger charge is 2.09. The molecule has 28 heavy (non-hydrogen) atoms. The number of nitrogens with zero attached hydrogens (tertiary/aromatic N) is 2. The Morgan fingerprint density at radius 2 is 1.71 bits per heavy atom. The zero-order valence-corrected chi connectivity index (χ0v) is 15.0. The molecular formula is C20H19F2N3O3. The van der Waals surface area contributed by atoms with Crippen LogP contribution in [-0.4, -0.2) is 29.2 Å². The van der Waals surface area contributed by atoms with Crippen LogP contribution in [0.25, 0.3) is 11.4 Å². The first kappa shape index (κ1) is 19.6. The van der Waals surface area contributed by atoms with E-state index in [1.165, 1.54) is 24.3 Å². The monoisotopic (exact) mass is 387 g/mol. The van der Waals surface area contributed by atoms with Crippen LogP contribution in [0.5, 0.6) is 0 Å². The highest BCUT2D eigenvalue weighted by molar-refractivity contribution is 5.77. The third-order valence-corrected chi connectivity index (χ3v) is 3.88. The minimum absolute atomic E-state index is 0.0767. The summed E-state index contributed by atoms with van der Waals surface area (Å²) in [5.74, 6) is -0.0358. The number of benzene rings is 2. The van der Waals surface area contributed by atoms with E-state index in [0.717, 1.165) is 5.56 Å². The predicted molar refractivity (Wildman–Crippen MR) is 97.1 cm³/mol. The van der Waals surface area contributed by atoms with Crippen molar-refractivity contribution < 1.29 is 22.8 Å². The summed E-state index contributed by atoms with van der Waals surface area (Å²) in [7, 11) is 0. The SMILES string of the molecule is O=C(COCc1ccc(F)cc1)NCCCc1nc(-c2ccc(F)cc2)no1. The number of hydrogen-bond acceptors (Lipinski definition) is 5. The Morgan fingerprint density at radius 1 is 1.04 bits per heavy atom. The van der Waals surface area contributed by atoms with Crippen LogP contribution in [0.3, 0.4) is 0 Å². The molecule has 0 aliphatic rings. The zero-order chi connectivity index (χ0) is 19.8. The van der Waals surface area contributed by atoms with Crippen molar-refractivity contribution in [2.24, 2.45) is 0 Å². The third kappa shape index (κ3) is 5.95. The maximum atomic E-state index is 12.9. The van der Waals surface area contributed by atoms with Gasteiger partial charge in [-0.2, -0.15) is 4.98 Å². The van der Waals surface area contributed by atoms with Crippen LogP contribution in [0, 0.1) is 11.6 Å². The quantitative estimate of drug-likeness (QED) is 0.570. The average Bonchev–Trinajstić information content (AvgIpc) is 3.16. The van der Waals surface area contributed by atoms with Crippen LogP contribution in [0.15, 0.2) is 53.1 Å². The fraction of sp³-hybridized carbons (Fsp3) is 0.250. The molecule has 1 N–H and O–H groups in total. The lowest BCUT2D eigenvalue weighted by molar-refractivity contribution is -0.126. The van der Waals surface area contributed by atoms with Gasteiger partial charge in [0, 0.05) is 18.5 Å². The van der Waals surface area contributed by atoms with Crippen LogP contribution in [0.2, 0.25) is 0 Å². The molecule has 0 radical (unpaired) electrons. The first-order valence-corrected chi connectivity index (χ1v) is 8.77. The largest absolute Gasteiger partial charge is 0.367 e. The van der Waals surface area contributed by atoms with E-state index in [-0.39, 0.29) is 30.8 Å². The minimum atomic E-state index is -0.329. The Balaban J connectivity index is 1.32. The summed E-state index contributed by atoms with van der Waals surface area (Å²) in [6.45, 7) is 0.599. The lowest BCUT2D eigenvalue weighted by atomic mass is 10.2. The molecule has 0 saturated heterocycles. The minimum Gasteiger partial charge on any atom is -0.367 e. The number of nitrogens with one attached hydrogen (secondary N) is 1. The molecule has 0 aliphatic carbocycles. The molecular weight excluding hydrogens is 368 g/mol. The summed E-state index contributed by atoms with van der Waals surface area (Å²) in [5, 5.41) is 6.60. The Morgan fingerprint density at radius 3 is 2.43 bits per heavy atom. The number of amides is 1. The van der Waals surface area contributed by atoms with E-state index in [9.17, 15) is 13.6 Å². The number of aryl methyl sites for hydroxylation is 1. The molecule has 0 unspecified atom stereocenters. The van der Waals surface area contributed by atoms with Gasteiger partial charge in [0.25, 0.3) is 0 Å². The molecule has 6 nitrogen and oxygen atoms in total. The molecule has 3 rings (SSSR count). The maximum Gasteiger partial charge on any atom is 0.246 e. The Bertz CT molecular complexity index is 896. The number of ether oxygens (including phenoxy) is 1. The summed E-state index contributed by atoms with van der Waals surface area (Å²) in [6, 6.07) is 11.7. The first-order chi connectivity index (χ1) is 13.6. The summed E-state index contributed by atoms with van der Waals surface area (Å²) >= 11 is 0. The van der Waals surface area contributed by atoms with Gasteiger partial charge in [-0.1, -0.05) is 17.3 Å². The Kier molecular flexibility index (Phi) is 6.80. The second-order valence-electron chi connectivity index (χ2n) is 6.09. The van der Waals surface area contributed by atoms with Crippen molar-refractivity contribution in [1.82, 2.24) is 15.5 Å². The molecule has 0 saturated carbocycles. The van der Waals surface area contributed by atoms with Gasteiger partial charge < -0.3 is 14.6 Å². The summed E-state index contributed by atoms with van der Waals surface area (Å²) in [4.78, 5) is 16.0. The van der Waals surface area contributed by atoms with Crippen molar-refractivity contribution in [3.05, 3.63) is 71.6 Å². The Hall–Kier alpha value is -3.13. The highest BCUT2D eigenvalue weighted by atomic mass is 19.1. The number of hydrogen-bond donors (Lipinski definition) is 1. The van der Waals surface area contributed by atoms with Crippen molar-refractivity contribution in [2.45, 2.75) is 19.4 Å². The standard InChI is InChI=1S/C20H19F2N3O3/c21-16-7-3-14(4-8-16)12-27-13-18(26)23-11-1-2-19-24-20(25-28-19)15-5-9-17(22)10-6-15/h3-10H,1-2,11-13H2,(H,23,26). The number of aromatic nitrogens is 2. The molecule has 0 atom stereocenters. The zero-order valence-electron chi connectivity index (χ0n) is 15.0. The van der Waals surface area contributed by atoms with Crippen molar-refractivity contribution in [1.29, 1.82) is 0 Å². The van der Waals surface area contributed by atoms with Crippen LogP contribution < -0.4 is 5.32 Å². The second-order valence-corrected chi connectivity index (χ2v) is 6.09.